The topological polar surface area (TPSA) is 34.8 Å². The second-order valence-electron chi connectivity index (χ2n) is 19.5. The third-order valence-corrected chi connectivity index (χ3v) is 14.3. The number of ether oxygens (including phenoxy) is 2. The van der Waals surface area contributed by atoms with Crippen LogP contribution < -0.4 is 9.47 Å². The van der Waals surface area contributed by atoms with Gasteiger partial charge in [-0.25, -0.2) is 0 Å². The summed E-state index contributed by atoms with van der Waals surface area (Å²) >= 11 is 0. The van der Waals surface area contributed by atoms with E-state index in [0.29, 0.717) is 13.2 Å². The Bertz CT molecular complexity index is 3100. The molecular formula is C67H72N4O2. The van der Waals surface area contributed by atoms with Gasteiger partial charge in [-0.15, -0.1) is 0 Å². The molecule has 0 amide bonds. The summed E-state index contributed by atoms with van der Waals surface area (Å²) in [5.74, 6) is 1.73. The summed E-state index contributed by atoms with van der Waals surface area (Å²) in [5.41, 5.74) is 18.7. The van der Waals surface area contributed by atoms with Gasteiger partial charge in [-0.2, -0.15) is 0 Å². The number of rotatable bonds is 21. The Balaban J connectivity index is 1.22. The van der Waals surface area contributed by atoms with Gasteiger partial charge in [0.15, 0.2) is 0 Å². The standard InChI is InChI=1S/C67H72N4O2/c1-9-57(65(48-22-16-13-17-23-48)51-28-34-55(35-29-51)72-42-40-68(5)6)53-32-38-63-59(44-53)61(46-70(63)11-3)67(50-26-20-15-21-27-50)62-47-71(12-4)64-39-33-54(45-60(62)64)58(10-2)66(49-24-18-14-19-25-49)52-30-36-56(37-31-52)73-43-41-69(7)8/h13-39,44-47,67H,9-12,40-43H2,1-8H3/b65-57+,66-58+. The molecule has 0 spiro atoms. The predicted octanol–water partition coefficient (Wildman–Crippen LogP) is 15.4. The first-order valence-electron chi connectivity index (χ1n) is 26.3. The molecule has 9 rings (SSSR count). The van der Waals surface area contributed by atoms with Crippen molar-refractivity contribution in [2.75, 3.05) is 54.5 Å². The van der Waals surface area contributed by atoms with Crippen LogP contribution in [0.1, 0.15) is 96.5 Å². The van der Waals surface area contributed by atoms with Crippen molar-refractivity contribution in [3.05, 3.63) is 238 Å². The normalized spacial score (nSPS) is 12.9. The van der Waals surface area contributed by atoms with Gasteiger partial charge in [-0.3, -0.25) is 0 Å². The number of aryl methyl sites for hydroxylation is 2. The lowest BCUT2D eigenvalue weighted by Gasteiger charge is -2.20. The molecule has 0 N–H and O–H groups in total. The average Bonchev–Trinajstić information content (AvgIpc) is 3.98. The highest BCUT2D eigenvalue weighted by molar-refractivity contribution is 6.02. The van der Waals surface area contributed by atoms with Gasteiger partial charge < -0.3 is 28.4 Å². The molecule has 372 valence electrons. The molecule has 6 heteroatoms. The summed E-state index contributed by atoms with van der Waals surface area (Å²) in [7, 11) is 8.29. The van der Waals surface area contributed by atoms with E-state index in [1.54, 1.807) is 0 Å². The summed E-state index contributed by atoms with van der Waals surface area (Å²) in [6.45, 7) is 13.9. The number of allylic oxidation sites excluding steroid dienone is 2. The number of nitrogens with zero attached hydrogens (tertiary/aromatic N) is 4. The Morgan fingerprint density at radius 3 is 1.14 bits per heavy atom. The Labute approximate surface area is 434 Å². The maximum absolute atomic E-state index is 6.15. The molecule has 73 heavy (non-hydrogen) atoms. The molecule has 0 aliphatic heterocycles. The van der Waals surface area contributed by atoms with Crippen molar-refractivity contribution in [2.45, 2.75) is 59.5 Å². The van der Waals surface area contributed by atoms with Crippen molar-refractivity contribution in [3.8, 4) is 11.5 Å². The van der Waals surface area contributed by atoms with Crippen molar-refractivity contribution >= 4 is 44.1 Å². The molecule has 9 aromatic rings. The van der Waals surface area contributed by atoms with Crippen LogP contribution in [-0.4, -0.2) is 73.4 Å². The zero-order valence-electron chi connectivity index (χ0n) is 44.2. The van der Waals surface area contributed by atoms with E-state index >= 15 is 0 Å². The fourth-order valence-electron chi connectivity index (χ4n) is 10.6. The number of aromatic nitrogens is 2. The van der Waals surface area contributed by atoms with Gasteiger partial charge in [0, 0.05) is 66.3 Å². The molecule has 0 aliphatic rings. The third-order valence-electron chi connectivity index (χ3n) is 14.3. The fraction of sp³-hybridized carbons (Fsp3) is 0.254. The van der Waals surface area contributed by atoms with Crippen LogP contribution in [0.25, 0.3) is 44.1 Å². The minimum atomic E-state index is -0.0392. The van der Waals surface area contributed by atoms with Crippen LogP contribution in [0.5, 0.6) is 11.5 Å². The second-order valence-corrected chi connectivity index (χ2v) is 19.5. The summed E-state index contributed by atoms with van der Waals surface area (Å²) in [5, 5.41) is 2.55. The highest BCUT2D eigenvalue weighted by atomic mass is 16.5. The van der Waals surface area contributed by atoms with E-state index in [4.69, 9.17) is 9.47 Å². The van der Waals surface area contributed by atoms with E-state index < -0.39 is 0 Å². The molecular weight excluding hydrogens is 893 g/mol. The van der Waals surface area contributed by atoms with E-state index in [0.717, 1.165) is 50.5 Å². The lowest BCUT2D eigenvalue weighted by Crippen LogP contribution is -2.19. The van der Waals surface area contributed by atoms with Crippen LogP contribution in [0.2, 0.25) is 0 Å². The highest BCUT2D eigenvalue weighted by Crippen LogP contribution is 2.45. The molecule has 2 aromatic heterocycles. The number of likely N-dealkylation sites (N-methyl/N-ethyl adjacent to an activating group) is 2. The summed E-state index contributed by atoms with van der Waals surface area (Å²) in [6.07, 6.45) is 6.60. The van der Waals surface area contributed by atoms with Gasteiger partial charge in [0.05, 0.1) is 0 Å². The van der Waals surface area contributed by atoms with Crippen molar-refractivity contribution in [3.63, 3.8) is 0 Å². The van der Waals surface area contributed by atoms with Gasteiger partial charge in [-0.1, -0.05) is 141 Å². The second kappa shape index (κ2) is 23.4. The van der Waals surface area contributed by atoms with E-state index in [9.17, 15) is 0 Å². The summed E-state index contributed by atoms with van der Waals surface area (Å²) in [6, 6.07) is 64.7. The zero-order chi connectivity index (χ0) is 50.8. The van der Waals surface area contributed by atoms with Gasteiger partial charge in [0.25, 0.3) is 0 Å². The monoisotopic (exact) mass is 965 g/mol. The molecule has 0 bridgehead atoms. The van der Waals surface area contributed by atoms with E-state index in [-0.39, 0.29) is 5.92 Å². The Hall–Kier alpha value is -7.38. The van der Waals surface area contributed by atoms with E-state index in [1.165, 1.54) is 94.2 Å². The predicted molar refractivity (Wildman–Crippen MR) is 309 cm³/mol. The maximum atomic E-state index is 6.15. The maximum Gasteiger partial charge on any atom is 0.119 e. The van der Waals surface area contributed by atoms with Crippen molar-refractivity contribution in [1.82, 2.24) is 18.9 Å². The molecule has 2 heterocycles. The molecule has 0 aliphatic carbocycles. The Morgan fingerprint density at radius 1 is 0.425 bits per heavy atom. The number of fused-ring (bicyclic) bond motifs is 2. The minimum absolute atomic E-state index is 0.0392. The first kappa shape index (κ1) is 50.6. The number of benzene rings is 7. The molecule has 7 aromatic carbocycles. The molecule has 0 unspecified atom stereocenters. The average molecular weight is 965 g/mol. The minimum Gasteiger partial charge on any atom is -0.492 e. The molecule has 0 saturated carbocycles. The number of hydrogen-bond donors (Lipinski definition) is 0. The first-order chi connectivity index (χ1) is 35.7. The van der Waals surface area contributed by atoms with Gasteiger partial charge >= 0.3 is 0 Å². The van der Waals surface area contributed by atoms with Crippen molar-refractivity contribution in [2.24, 2.45) is 0 Å². The van der Waals surface area contributed by atoms with Crippen LogP contribution in [0.4, 0.5) is 0 Å². The molecule has 0 saturated heterocycles. The van der Waals surface area contributed by atoms with Crippen LogP contribution in [-0.2, 0) is 13.1 Å². The van der Waals surface area contributed by atoms with Crippen LogP contribution in [0, 0.1) is 0 Å². The molecule has 6 nitrogen and oxygen atoms in total. The van der Waals surface area contributed by atoms with Crippen LogP contribution in [0.3, 0.4) is 0 Å². The number of hydrogen-bond acceptors (Lipinski definition) is 4. The van der Waals surface area contributed by atoms with Gasteiger partial charge in [-0.05, 0) is 176 Å². The quantitative estimate of drug-likeness (QED) is 0.0672. The van der Waals surface area contributed by atoms with Gasteiger partial charge in [0.2, 0.25) is 0 Å². The molecule has 0 atom stereocenters. The van der Waals surface area contributed by atoms with Crippen molar-refractivity contribution in [1.29, 1.82) is 0 Å². The van der Waals surface area contributed by atoms with Gasteiger partial charge in [0.1, 0.15) is 24.7 Å². The Kier molecular flexibility index (Phi) is 16.2. The lowest BCUT2D eigenvalue weighted by atomic mass is 9.83. The fourth-order valence-corrected chi connectivity index (χ4v) is 10.6. The molecule has 0 radical (unpaired) electrons. The SMILES string of the molecule is CC/C(=C(/c1ccccc1)c1ccc(OCCN(C)C)cc1)c1ccc2c(c1)c(C(c1ccccc1)c1cn(CC)c3ccc(/C(CC)=C(\c4ccccc4)c4ccc(OCCN(C)C)cc4)cc13)cn2CC. The zero-order valence-corrected chi connectivity index (χ0v) is 44.2. The van der Waals surface area contributed by atoms with Crippen molar-refractivity contribution < 1.29 is 9.47 Å². The highest BCUT2D eigenvalue weighted by Gasteiger charge is 2.27. The van der Waals surface area contributed by atoms with E-state index in [2.05, 4.69) is 263 Å². The van der Waals surface area contributed by atoms with Crippen LogP contribution in [0.15, 0.2) is 188 Å². The Morgan fingerprint density at radius 2 is 0.781 bits per heavy atom. The largest absolute Gasteiger partial charge is 0.492 e. The van der Waals surface area contributed by atoms with E-state index in [1.807, 2.05) is 0 Å². The van der Waals surface area contributed by atoms with Crippen LogP contribution >= 0.6 is 0 Å². The third kappa shape index (κ3) is 11.2. The molecule has 0 fully saturated rings. The summed E-state index contributed by atoms with van der Waals surface area (Å²) < 4.78 is 17.2. The smallest absolute Gasteiger partial charge is 0.119 e. The lowest BCUT2D eigenvalue weighted by molar-refractivity contribution is 0.261. The summed E-state index contributed by atoms with van der Waals surface area (Å²) in [4.78, 5) is 4.29. The first-order valence-corrected chi connectivity index (χ1v) is 26.3.